The minimum Gasteiger partial charge on any atom is -0.497 e. The average Bonchev–Trinajstić information content (AvgIpc) is 2.77. The van der Waals surface area contributed by atoms with Gasteiger partial charge in [0.2, 0.25) is 5.91 Å². The van der Waals surface area contributed by atoms with Crippen molar-refractivity contribution in [3.05, 3.63) is 65.7 Å². The number of hydrogen-bond acceptors (Lipinski definition) is 5. The van der Waals surface area contributed by atoms with Crippen molar-refractivity contribution in [2.45, 2.75) is 6.42 Å². The van der Waals surface area contributed by atoms with Crippen molar-refractivity contribution >= 4 is 35.2 Å². The molecular formula is C23H26N2O3S. The Labute approximate surface area is 176 Å². The monoisotopic (exact) mass is 410 g/mol. The Hall–Kier alpha value is -2.57. The lowest BCUT2D eigenvalue weighted by atomic mass is 10.1. The lowest BCUT2D eigenvalue weighted by molar-refractivity contribution is -0.111. The van der Waals surface area contributed by atoms with Gasteiger partial charge in [0.1, 0.15) is 5.75 Å². The fourth-order valence-electron chi connectivity index (χ4n) is 3.10. The Morgan fingerprint density at radius 2 is 1.93 bits per heavy atom. The number of thioether (sulfide) groups is 1. The van der Waals surface area contributed by atoms with Gasteiger partial charge >= 0.3 is 0 Å². The van der Waals surface area contributed by atoms with Crippen LogP contribution in [0.5, 0.6) is 5.75 Å². The second-order valence-corrected chi connectivity index (χ2v) is 8.03. The van der Waals surface area contributed by atoms with Gasteiger partial charge < -0.3 is 15.0 Å². The van der Waals surface area contributed by atoms with Crippen molar-refractivity contribution in [3.8, 4) is 5.75 Å². The first kappa shape index (κ1) is 21.1. The summed E-state index contributed by atoms with van der Waals surface area (Å²) in [5.41, 5.74) is 2.12. The third-order valence-corrected chi connectivity index (χ3v) is 5.67. The zero-order valence-corrected chi connectivity index (χ0v) is 17.4. The average molecular weight is 411 g/mol. The van der Waals surface area contributed by atoms with Gasteiger partial charge in [-0.05, 0) is 35.9 Å². The van der Waals surface area contributed by atoms with Crippen molar-refractivity contribution in [2.24, 2.45) is 0 Å². The van der Waals surface area contributed by atoms with E-state index in [1.165, 1.54) is 6.08 Å². The molecule has 0 spiro atoms. The molecule has 2 aromatic rings. The molecule has 1 fully saturated rings. The van der Waals surface area contributed by atoms with E-state index in [1.54, 1.807) is 37.5 Å². The molecule has 29 heavy (non-hydrogen) atoms. The molecule has 0 unspecified atom stereocenters. The molecule has 2 aromatic carbocycles. The highest BCUT2D eigenvalue weighted by molar-refractivity contribution is 7.99. The number of rotatable bonds is 8. The maximum Gasteiger partial charge on any atom is 0.248 e. The fraction of sp³-hybridized carbons (Fsp3) is 0.304. The van der Waals surface area contributed by atoms with E-state index >= 15 is 0 Å². The summed E-state index contributed by atoms with van der Waals surface area (Å²) in [6.45, 7) is 2.89. The van der Waals surface area contributed by atoms with Crippen LogP contribution in [-0.2, 0) is 4.79 Å². The zero-order valence-electron chi connectivity index (χ0n) is 16.6. The summed E-state index contributed by atoms with van der Waals surface area (Å²) in [5, 5.41) is 2.82. The summed E-state index contributed by atoms with van der Waals surface area (Å²) in [4.78, 5) is 27.1. The largest absolute Gasteiger partial charge is 0.497 e. The summed E-state index contributed by atoms with van der Waals surface area (Å²) in [7, 11) is 1.61. The number of anilines is 1. The maximum atomic E-state index is 12.5. The van der Waals surface area contributed by atoms with Crippen molar-refractivity contribution in [2.75, 3.05) is 43.6 Å². The third kappa shape index (κ3) is 6.76. The predicted molar refractivity (Wildman–Crippen MR) is 120 cm³/mol. The summed E-state index contributed by atoms with van der Waals surface area (Å²) < 4.78 is 5.18. The molecular weight excluding hydrogens is 384 g/mol. The number of benzene rings is 2. The Bertz CT molecular complexity index is 876. The van der Waals surface area contributed by atoms with Crippen LogP contribution in [0.25, 0.3) is 6.08 Å². The van der Waals surface area contributed by atoms with Gasteiger partial charge in [0.15, 0.2) is 5.78 Å². The molecule has 1 heterocycles. The number of hydrogen-bond donors (Lipinski definition) is 1. The molecule has 0 saturated carbocycles. The second-order valence-electron chi connectivity index (χ2n) is 6.81. The van der Waals surface area contributed by atoms with Crippen molar-refractivity contribution in [1.82, 2.24) is 4.90 Å². The van der Waals surface area contributed by atoms with Crippen LogP contribution in [0, 0.1) is 0 Å². The van der Waals surface area contributed by atoms with Gasteiger partial charge in [-0.25, -0.2) is 0 Å². The van der Waals surface area contributed by atoms with Crippen LogP contribution in [0.4, 0.5) is 5.69 Å². The lowest BCUT2D eigenvalue weighted by Crippen LogP contribution is -2.34. The molecule has 1 saturated heterocycles. The summed E-state index contributed by atoms with van der Waals surface area (Å²) in [6, 6.07) is 14.6. The van der Waals surface area contributed by atoms with Gasteiger partial charge in [0, 0.05) is 54.9 Å². The van der Waals surface area contributed by atoms with Gasteiger partial charge in [0.05, 0.1) is 7.11 Å². The van der Waals surface area contributed by atoms with Gasteiger partial charge in [-0.3, -0.25) is 9.59 Å². The molecule has 0 radical (unpaired) electrons. The van der Waals surface area contributed by atoms with Gasteiger partial charge in [0.25, 0.3) is 0 Å². The van der Waals surface area contributed by atoms with E-state index < -0.39 is 0 Å². The first-order valence-electron chi connectivity index (χ1n) is 9.70. The third-order valence-electron chi connectivity index (χ3n) is 4.73. The first-order valence-corrected chi connectivity index (χ1v) is 10.9. The molecule has 1 aliphatic heterocycles. The molecule has 0 aromatic heterocycles. The molecule has 152 valence electrons. The molecule has 1 amide bonds. The molecule has 0 aliphatic carbocycles. The number of carbonyl (C=O) groups excluding carboxylic acids is 2. The highest BCUT2D eigenvalue weighted by Crippen LogP contribution is 2.16. The van der Waals surface area contributed by atoms with Crippen molar-refractivity contribution < 1.29 is 14.3 Å². The van der Waals surface area contributed by atoms with Crippen molar-refractivity contribution in [3.63, 3.8) is 0 Å². The molecule has 0 atom stereocenters. The number of nitrogens with zero attached hydrogens (tertiary/aromatic N) is 1. The summed E-state index contributed by atoms with van der Waals surface area (Å²) >= 11 is 1.96. The fourth-order valence-corrected chi connectivity index (χ4v) is 4.08. The molecule has 0 bridgehead atoms. The van der Waals surface area contributed by atoms with E-state index in [0.717, 1.165) is 42.5 Å². The minimum absolute atomic E-state index is 0.103. The SMILES string of the molecule is COc1cccc(/C=C/C(=O)Nc2cccc(C(=O)CCN3CCSCC3)c2)c1. The molecule has 5 nitrogen and oxygen atoms in total. The maximum absolute atomic E-state index is 12.5. The van der Waals surface area contributed by atoms with Crippen LogP contribution >= 0.6 is 11.8 Å². The van der Waals surface area contributed by atoms with E-state index in [4.69, 9.17) is 4.74 Å². The number of ether oxygens (including phenoxy) is 1. The second kappa shape index (κ2) is 10.8. The highest BCUT2D eigenvalue weighted by atomic mass is 32.2. The van der Waals surface area contributed by atoms with Crippen LogP contribution in [0.1, 0.15) is 22.3 Å². The van der Waals surface area contributed by atoms with Crippen LogP contribution in [0.3, 0.4) is 0 Å². The first-order chi connectivity index (χ1) is 14.1. The van der Waals surface area contributed by atoms with Crippen LogP contribution in [0.2, 0.25) is 0 Å². The molecule has 1 aliphatic rings. The zero-order chi connectivity index (χ0) is 20.5. The number of methoxy groups -OCH3 is 1. The van der Waals surface area contributed by atoms with E-state index in [1.807, 2.05) is 36.0 Å². The summed E-state index contributed by atoms with van der Waals surface area (Å²) in [6.07, 6.45) is 3.69. The number of nitrogens with one attached hydrogen (secondary N) is 1. The normalized spacial score (nSPS) is 14.7. The van der Waals surface area contributed by atoms with Crippen molar-refractivity contribution in [1.29, 1.82) is 0 Å². The molecule has 3 rings (SSSR count). The van der Waals surface area contributed by atoms with E-state index in [-0.39, 0.29) is 11.7 Å². The minimum atomic E-state index is -0.247. The predicted octanol–water partition coefficient (Wildman–Crippen LogP) is 3.97. The van der Waals surface area contributed by atoms with Gasteiger partial charge in [-0.2, -0.15) is 11.8 Å². The Kier molecular flexibility index (Phi) is 7.90. The van der Waals surface area contributed by atoms with Crippen LogP contribution in [-0.4, -0.2) is 54.8 Å². The molecule has 1 N–H and O–H groups in total. The Morgan fingerprint density at radius 3 is 2.72 bits per heavy atom. The topological polar surface area (TPSA) is 58.6 Å². The van der Waals surface area contributed by atoms with Gasteiger partial charge in [-0.15, -0.1) is 0 Å². The summed E-state index contributed by atoms with van der Waals surface area (Å²) in [5.74, 6) is 2.87. The highest BCUT2D eigenvalue weighted by Gasteiger charge is 2.13. The lowest BCUT2D eigenvalue weighted by Gasteiger charge is -2.25. The smallest absolute Gasteiger partial charge is 0.248 e. The number of amides is 1. The van der Waals surface area contributed by atoms with Crippen LogP contribution in [0.15, 0.2) is 54.6 Å². The molecule has 6 heteroatoms. The quantitative estimate of drug-likeness (QED) is 0.527. The number of ketones is 1. The van der Waals surface area contributed by atoms with E-state index in [2.05, 4.69) is 10.2 Å². The van der Waals surface area contributed by atoms with E-state index in [9.17, 15) is 9.59 Å². The van der Waals surface area contributed by atoms with E-state index in [0.29, 0.717) is 17.7 Å². The Balaban J connectivity index is 1.54. The number of carbonyl (C=O) groups is 2. The Morgan fingerprint density at radius 1 is 1.14 bits per heavy atom. The standard InChI is InChI=1S/C23H26N2O3S/c1-28-21-7-2-4-18(16-21)8-9-23(27)24-20-6-3-5-19(17-20)22(26)10-11-25-12-14-29-15-13-25/h2-9,16-17H,10-15H2,1H3,(H,24,27)/b9-8+. The number of Topliss-reactive ketones (excluding diaryl/α,β-unsaturated/α-hetero) is 1. The van der Waals surface area contributed by atoms with Gasteiger partial charge in [-0.1, -0.05) is 24.3 Å². The van der Waals surface area contributed by atoms with Crippen LogP contribution < -0.4 is 10.1 Å².